The number of amides is 3. The van der Waals surface area contributed by atoms with Crippen LogP contribution in [-0.2, 0) is 30.4 Å². The SMILES string of the molecule is CC(C)C(=O)Cc1cccc(C(=O)N[C@H](C(=O)N2C3CC[C@@H](C3)[C@H]2C(=O)N[C@H](C=O)CC(=O)O)C(C)(C)C)c1Cl. The number of carbonyl (C=O) groups excluding carboxylic acids is 5. The number of carbonyl (C=O) groups is 6. The number of nitrogens with zero attached hydrogens (tertiary/aromatic N) is 1. The Hall–Kier alpha value is -3.27. The summed E-state index contributed by atoms with van der Waals surface area (Å²) in [5.74, 6) is -3.17. The van der Waals surface area contributed by atoms with E-state index in [4.69, 9.17) is 16.7 Å². The van der Waals surface area contributed by atoms with E-state index in [0.717, 1.165) is 6.42 Å². The Kier molecular flexibility index (Phi) is 9.76. The minimum Gasteiger partial charge on any atom is -0.481 e. The fourth-order valence-corrected chi connectivity index (χ4v) is 5.80. The second kappa shape index (κ2) is 12.5. The molecule has 1 heterocycles. The number of ketones is 1. The van der Waals surface area contributed by atoms with E-state index in [0.29, 0.717) is 24.7 Å². The number of halogens is 1. The van der Waals surface area contributed by atoms with Crippen molar-refractivity contribution in [1.29, 1.82) is 0 Å². The smallest absolute Gasteiger partial charge is 0.305 e. The van der Waals surface area contributed by atoms with E-state index in [-0.39, 0.29) is 40.7 Å². The van der Waals surface area contributed by atoms with Crippen LogP contribution in [0.4, 0.5) is 0 Å². The largest absolute Gasteiger partial charge is 0.481 e. The summed E-state index contributed by atoms with van der Waals surface area (Å²) in [5, 5.41) is 14.5. The van der Waals surface area contributed by atoms with Crippen LogP contribution in [-0.4, -0.2) is 69.9 Å². The average Bonchev–Trinajstić information content (AvgIpc) is 3.48. The van der Waals surface area contributed by atoms with Crippen molar-refractivity contribution in [3.05, 3.63) is 34.3 Å². The van der Waals surface area contributed by atoms with Gasteiger partial charge in [-0.1, -0.05) is 58.4 Å². The van der Waals surface area contributed by atoms with E-state index in [2.05, 4.69) is 10.6 Å². The minimum atomic E-state index is -1.23. The first-order chi connectivity index (χ1) is 18.6. The molecule has 3 rings (SSSR count). The van der Waals surface area contributed by atoms with Crippen LogP contribution in [0, 0.1) is 17.3 Å². The zero-order chi connectivity index (χ0) is 29.9. The molecule has 10 nitrogen and oxygen atoms in total. The maximum Gasteiger partial charge on any atom is 0.305 e. The highest BCUT2D eigenvalue weighted by atomic mass is 35.5. The number of nitrogens with one attached hydrogen (secondary N) is 2. The van der Waals surface area contributed by atoms with E-state index < -0.39 is 53.7 Å². The monoisotopic (exact) mass is 575 g/mol. The van der Waals surface area contributed by atoms with Gasteiger partial charge in [0, 0.05) is 18.4 Å². The molecule has 0 spiro atoms. The van der Waals surface area contributed by atoms with Crippen molar-refractivity contribution in [2.45, 2.75) is 90.9 Å². The number of piperidine rings is 1. The first-order valence-electron chi connectivity index (χ1n) is 13.6. The fraction of sp³-hybridized carbons (Fsp3) is 0.586. The first kappa shape index (κ1) is 31.3. The second-order valence-corrected chi connectivity index (χ2v) is 12.5. The van der Waals surface area contributed by atoms with E-state index in [1.54, 1.807) is 46.8 Å². The second-order valence-electron chi connectivity index (χ2n) is 12.1. The number of fused-ring (bicyclic) bond motifs is 2. The molecule has 3 amide bonds. The number of hydrogen-bond acceptors (Lipinski definition) is 6. The van der Waals surface area contributed by atoms with Crippen molar-refractivity contribution in [2.24, 2.45) is 17.3 Å². The zero-order valence-electron chi connectivity index (χ0n) is 23.5. The number of hydrogen-bond donors (Lipinski definition) is 3. The molecule has 2 bridgehead atoms. The summed E-state index contributed by atoms with van der Waals surface area (Å²) in [4.78, 5) is 77.0. The third-order valence-electron chi connectivity index (χ3n) is 7.72. The van der Waals surface area contributed by atoms with Gasteiger partial charge in [-0.2, -0.15) is 0 Å². The summed E-state index contributed by atoms with van der Waals surface area (Å²) in [6.45, 7) is 8.97. The van der Waals surface area contributed by atoms with Crippen molar-refractivity contribution in [1.82, 2.24) is 15.5 Å². The number of likely N-dealkylation sites (tertiary alicyclic amines) is 1. The van der Waals surface area contributed by atoms with Crippen molar-refractivity contribution in [2.75, 3.05) is 0 Å². The molecule has 1 aliphatic heterocycles. The Morgan fingerprint density at radius 2 is 1.80 bits per heavy atom. The highest BCUT2D eigenvalue weighted by Gasteiger charge is 2.53. The van der Waals surface area contributed by atoms with E-state index >= 15 is 0 Å². The highest BCUT2D eigenvalue weighted by molar-refractivity contribution is 6.34. The lowest BCUT2D eigenvalue weighted by molar-refractivity contribution is -0.147. The van der Waals surface area contributed by atoms with Gasteiger partial charge in [0.05, 0.1) is 23.0 Å². The van der Waals surface area contributed by atoms with Crippen LogP contribution in [0.2, 0.25) is 5.02 Å². The Morgan fingerprint density at radius 1 is 1.12 bits per heavy atom. The number of rotatable bonds is 11. The van der Waals surface area contributed by atoms with Gasteiger partial charge in [-0.05, 0) is 42.2 Å². The minimum absolute atomic E-state index is 0.0178. The lowest BCUT2D eigenvalue weighted by Crippen LogP contribution is -2.61. The van der Waals surface area contributed by atoms with E-state index in [9.17, 15) is 28.8 Å². The van der Waals surface area contributed by atoms with Gasteiger partial charge in [0.1, 0.15) is 24.2 Å². The normalized spacial score (nSPS) is 21.6. The molecule has 2 fully saturated rings. The number of aliphatic carboxylic acids is 1. The molecule has 218 valence electrons. The maximum absolute atomic E-state index is 14.1. The molecule has 1 unspecified atom stereocenters. The van der Waals surface area contributed by atoms with Crippen LogP contribution in [0.15, 0.2) is 18.2 Å². The molecule has 3 N–H and O–H groups in total. The van der Waals surface area contributed by atoms with Gasteiger partial charge in [-0.3, -0.25) is 24.0 Å². The molecular weight excluding hydrogens is 538 g/mol. The fourth-order valence-electron chi connectivity index (χ4n) is 5.52. The molecule has 1 saturated carbocycles. The molecule has 1 aromatic carbocycles. The van der Waals surface area contributed by atoms with Gasteiger partial charge in [-0.25, -0.2) is 0 Å². The summed E-state index contributed by atoms with van der Waals surface area (Å²) in [6.07, 6.45) is 1.92. The molecule has 0 radical (unpaired) electrons. The van der Waals surface area contributed by atoms with Crippen LogP contribution in [0.5, 0.6) is 0 Å². The molecule has 2 aliphatic rings. The number of carboxylic acid groups (broad SMARTS) is 1. The zero-order valence-corrected chi connectivity index (χ0v) is 24.3. The third kappa shape index (κ3) is 6.89. The molecule has 40 heavy (non-hydrogen) atoms. The van der Waals surface area contributed by atoms with Crippen LogP contribution in [0.25, 0.3) is 0 Å². The average molecular weight is 576 g/mol. The number of benzene rings is 1. The number of aldehydes is 1. The summed E-state index contributed by atoms with van der Waals surface area (Å²) >= 11 is 6.54. The van der Waals surface area contributed by atoms with Crippen LogP contribution in [0.3, 0.4) is 0 Å². The van der Waals surface area contributed by atoms with Crippen molar-refractivity contribution in [3.63, 3.8) is 0 Å². The molecule has 1 saturated heterocycles. The van der Waals surface area contributed by atoms with Crippen molar-refractivity contribution >= 4 is 47.4 Å². The van der Waals surface area contributed by atoms with Gasteiger partial charge in [0.15, 0.2) is 0 Å². The van der Waals surface area contributed by atoms with Crippen LogP contribution in [0.1, 0.15) is 76.2 Å². The lowest BCUT2D eigenvalue weighted by Gasteiger charge is -2.40. The van der Waals surface area contributed by atoms with E-state index in [1.165, 1.54) is 11.0 Å². The molecule has 0 aromatic heterocycles. The topological polar surface area (TPSA) is 150 Å². The molecular formula is C29H38ClN3O7. The van der Waals surface area contributed by atoms with Gasteiger partial charge < -0.3 is 25.4 Å². The summed E-state index contributed by atoms with van der Waals surface area (Å²) in [6, 6.07) is 1.53. The molecule has 1 aromatic rings. The third-order valence-corrected chi connectivity index (χ3v) is 8.16. The van der Waals surface area contributed by atoms with Crippen molar-refractivity contribution in [3.8, 4) is 0 Å². The maximum atomic E-state index is 14.1. The van der Waals surface area contributed by atoms with Gasteiger partial charge >= 0.3 is 5.97 Å². The molecule has 5 atom stereocenters. The standard InChI is InChI=1S/C29H38ClN3O7/c1-15(2)21(35)12-16-7-6-8-20(23(16)30)26(38)32-25(29(3,4)5)28(40)33-19-10-9-17(11-19)24(33)27(39)31-18(14-34)13-22(36)37/h6-8,14-15,17-19,24-25H,9-13H2,1-5H3,(H,31,39)(H,32,38)(H,36,37)/t17-,18-,19?,24-,25+/m0/s1. The van der Waals surface area contributed by atoms with Crippen LogP contribution >= 0.6 is 11.6 Å². The Labute approximate surface area is 239 Å². The Bertz CT molecular complexity index is 1190. The first-order valence-corrected chi connectivity index (χ1v) is 13.9. The molecule has 1 aliphatic carbocycles. The predicted octanol–water partition coefficient (Wildman–Crippen LogP) is 2.79. The lowest BCUT2D eigenvalue weighted by atomic mass is 9.84. The van der Waals surface area contributed by atoms with E-state index in [1.807, 2.05) is 0 Å². The summed E-state index contributed by atoms with van der Waals surface area (Å²) < 4.78 is 0. The van der Waals surface area contributed by atoms with Crippen molar-refractivity contribution < 1.29 is 33.9 Å². The quantitative estimate of drug-likeness (QED) is 0.343. The highest BCUT2D eigenvalue weighted by Crippen LogP contribution is 2.43. The Morgan fingerprint density at radius 3 is 2.38 bits per heavy atom. The summed E-state index contributed by atoms with van der Waals surface area (Å²) in [7, 11) is 0. The Balaban J connectivity index is 1.86. The predicted molar refractivity (Wildman–Crippen MR) is 148 cm³/mol. The summed E-state index contributed by atoms with van der Waals surface area (Å²) in [5.41, 5.74) is -0.0917. The van der Waals surface area contributed by atoms with Gasteiger partial charge in [-0.15, -0.1) is 0 Å². The van der Waals surface area contributed by atoms with Gasteiger partial charge in [0.2, 0.25) is 11.8 Å². The number of carboxylic acids is 1. The molecule has 11 heteroatoms. The van der Waals surface area contributed by atoms with Gasteiger partial charge in [0.25, 0.3) is 5.91 Å². The number of Topliss-reactive ketones (excluding diaryl/α,β-unsaturated/α-hetero) is 1. The van der Waals surface area contributed by atoms with Crippen LogP contribution < -0.4 is 10.6 Å².